The second-order valence-electron chi connectivity index (χ2n) is 6.30. The Balaban J connectivity index is 0.000000271. The van der Waals surface area contributed by atoms with E-state index in [0.29, 0.717) is 11.3 Å². The highest BCUT2D eigenvalue weighted by Crippen LogP contribution is 2.17. The number of anilines is 1. The molecule has 0 radical (unpaired) electrons. The number of primary amides is 1. The monoisotopic (exact) mass is 375 g/mol. The first kappa shape index (κ1) is 21.4. The Morgan fingerprint density at radius 1 is 1.07 bits per heavy atom. The number of benzene rings is 2. The van der Waals surface area contributed by atoms with Crippen molar-refractivity contribution in [3.05, 3.63) is 64.2 Å². The van der Waals surface area contributed by atoms with Crippen molar-refractivity contribution in [1.29, 1.82) is 0 Å². The molecule has 27 heavy (non-hydrogen) atoms. The van der Waals surface area contributed by atoms with Crippen LogP contribution in [0.5, 0.6) is 5.75 Å². The van der Waals surface area contributed by atoms with Crippen LogP contribution in [0.2, 0.25) is 0 Å². The Morgan fingerprint density at radius 3 is 2.11 bits per heavy atom. The maximum atomic E-state index is 11.5. The Morgan fingerprint density at radius 2 is 1.67 bits per heavy atom. The van der Waals surface area contributed by atoms with Crippen molar-refractivity contribution < 1.29 is 24.0 Å². The number of ether oxygens (including phenoxy) is 2. The van der Waals surface area contributed by atoms with Gasteiger partial charge in [-0.3, -0.25) is 10.1 Å². The summed E-state index contributed by atoms with van der Waals surface area (Å²) in [5.74, 6) is -0.164. The van der Waals surface area contributed by atoms with E-state index in [0.717, 1.165) is 0 Å². The van der Waals surface area contributed by atoms with E-state index in [-0.39, 0.29) is 17.4 Å². The molecule has 0 aliphatic carbocycles. The summed E-state index contributed by atoms with van der Waals surface area (Å²) in [6.45, 7) is 5.49. The van der Waals surface area contributed by atoms with Gasteiger partial charge in [0.2, 0.25) is 0 Å². The number of nitro benzene ring substituents is 1. The molecule has 0 aliphatic rings. The Bertz CT molecular complexity index is 813. The molecule has 0 saturated carbocycles. The molecule has 2 rings (SSSR count). The van der Waals surface area contributed by atoms with E-state index in [9.17, 15) is 19.7 Å². The number of carbonyl (C=O) groups excluding carboxylic acids is 2. The maximum Gasteiger partial charge on any atom is 0.409 e. The van der Waals surface area contributed by atoms with Crippen LogP contribution in [0.3, 0.4) is 0 Å². The highest BCUT2D eigenvalue weighted by atomic mass is 16.6. The van der Waals surface area contributed by atoms with Gasteiger partial charge in [0.05, 0.1) is 10.5 Å². The SMILES string of the molecule is CC(C)(C)OC(=O)c1cccc(N)c1.NC(=O)Oc1ccc([N+](=O)[O-])cc1. The van der Waals surface area contributed by atoms with Crippen molar-refractivity contribution in [2.45, 2.75) is 26.4 Å². The number of rotatable bonds is 3. The highest BCUT2D eigenvalue weighted by Gasteiger charge is 2.17. The van der Waals surface area contributed by atoms with Crippen LogP contribution in [0.25, 0.3) is 0 Å². The van der Waals surface area contributed by atoms with Crippen LogP contribution in [-0.4, -0.2) is 22.6 Å². The van der Waals surface area contributed by atoms with E-state index in [4.69, 9.17) is 16.2 Å². The third kappa shape index (κ3) is 8.34. The third-order valence-electron chi connectivity index (χ3n) is 2.79. The molecule has 0 unspecified atom stereocenters. The summed E-state index contributed by atoms with van der Waals surface area (Å²) in [6.07, 6.45) is -0.950. The van der Waals surface area contributed by atoms with Crippen LogP contribution < -0.4 is 16.2 Å². The molecule has 0 bridgehead atoms. The van der Waals surface area contributed by atoms with Crippen molar-refractivity contribution in [3.63, 3.8) is 0 Å². The Labute approximate surface area is 156 Å². The largest absolute Gasteiger partial charge is 0.456 e. The quantitative estimate of drug-likeness (QED) is 0.362. The molecule has 9 heteroatoms. The van der Waals surface area contributed by atoms with Gasteiger partial charge in [0.25, 0.3) is 5.69 Å². The van der Waals surface area contributed by atoms with Crippen molar-refractivity contribution >= 4 is 23.4 Å². The lowest BCUT2D eigenvalue weighted by molar-refractivity contribution is -0.384. The summed E-state index contributed by atoms with van der Waals surface area (Å²) >= 11 is 0. The zero-order valence-corrected chi connectivity index (χ0v) is 15.2. The van der Waals surface area contributed by atoms with Crippen LogP contribution >= 0.6 is 0 Å². The van der Waals surface area contributed by atoms with Gasteiger partial charge >= 0.3 is 12.1 Å². The van der Waals surface area contributed by atoms with Crippen molar-refractivity contribution in [2.24, 2.45) is 5.73 Å². The number of non-ortho nitro benzene ring substituents is 1. The van der Waals surface area contributed by atoms with Crippen LogP contribution in [0, 0.1) is 10.1 Å². The van der Waals surface area contributed by atoms with Crippen LogP contribution in [0.4, 0.5) is 16.2 Å². The molecule has 144 valence electrons. The van der Waals surface area contributed by atoms with Gasteiger partial charge in [-0.25, -0.2) is 9.59 Å². The normalized spacial score (nSPS) is 10.2. The predicted octanol–water partition coefficient (Wildman–Crippen LogP) is 3.28. The lowest BCUT2D eigenvalue weighted by atomic mass is 10.1. The minimum absolute atomic E-state index is 0.0724. The van der Waals surface area contributed by atoms with Gasteiger partial charge < -0.3 is 20.9 Å². The molecule has 4 N–H and O–H groups in total. The second kappa shape index (κ2) is 9.18. The number of nitrogen functional groups attached to an aromatic ring is 1. The minimum atomic E-state index is -0.950. The first-order valence-electron chi connectivity index (χ1n) is 7.78. The summed E-state index contributed by atoms with van der Waals surface area (Å²) in [5, 5.41) is 10.2. The molecule has 0 aromatic heterocycles. The molecule has 1 amide bonds. The molecule has 2 aromatic carbocycles. The molecule has 2 aromatic rings. The molecule has 0 spiro atoms. The van der Waals surface area contributed by atoms with Gasteiger partial charge in [-0.1, -0.05) is 6.07 Å². The Kier molecular flexibility index (Phi) is 7.28. The number of esters is 1. The van der Waals surface area contributed by atoms with E-state index in [1.807, 2.05) is 20.8 Å². The molecule has 0 atom stereocenters. The number of nitro groups is 1. The van der Waals surface area contributed by atoms with Crippen molar-refractivity contribution in [1.82, 2.24) is 0 Å². The lowest BCUT2D eigenvalue weighted by Gasteiger charge is -2.19. The topological polar surface area (TPSA) is 148 Å². The highest BCUT2D eigenvalue weighted by molar-refractivity contribution is 5.90. The predicted molar refractivity (Wildman–Crippen MR) is 99.3 cm³/mol. The number of hydrogen-bond donors (Lipinski definition) is 2. The minimum Gasteiger partial charge on any atom is -0.456 e. The van der Waals surface area contributed by atoms with Crippen LogP contribution in [-0.2, 0) is 4.74 Å². The summed E-state index contributed by atoms with van der Waals surface area (Å²) in [6, 6.07) is 11.8. The number of nitrogens with zero attached hydrogens (tertiary/aromatic N) is 1. The van der Waals surface area contributed by atoms with Crippen molar-refractivity contribution in [2.75, 3.05) is 5.73 Å². The second-order valence-corrected chi connectivity index (χ2v) is 6.30. The van der Waals surface area contributed by atoms with Gasteiger partial charge in [-0.15, -0.1) is 0 Å². The zero-order valence-electron chi connectivity index (χ0n) is 15.2. The molecule has 9 nitrogen and oxygen atoms in total. The number of carbonyl (C=O) groups is 2. The standard InChI is InChI=1S/C11H15NO2.C7H6N2O4/c1-11(2,3)14-10(13)8-5-4-6-9(12)7-8;8-7(10)13-6-3-1-5(2-4-6)9(11)12/h4-7H,12H2,1-3H3;1-4H,(H2,8,10). The molecule has 0 fully saturated rings. The summed E-state index contributed by atoms with van der Waals surface area (Å²) in [4.78, 5) is 31.4. The first-order valence-corrected chi connectivity index (χ1v) is 7.78. The number of hydrogen-bond acceptors (Lipinski definition) is 7. The molecular formula is C18H21N3O6. The summed E-state index contributed by atoms with van der Waals surface area (Å²) in [7, 11) is 0. The van der Waals surface area contributed by atoms with Crippen LogP contribution in [0.15, 0.2) is 48.5 Å². The van der Waals surface area contributed by atoms with Crippen LogP contribution in [0.1, 0.15) is 31.1 Å². The van der Waals surface area contributed by atoms with E-state index in [2.05, 4.69) is 4.74 Å². The number of amides is 1. The van der Waals surface area contributed by atoms with E-state index >= 15 is 0 Å². The van der Waals surface area contributed by atoms with E-state index < -0.39 is 16.6 Å². The smallest absolute Gasteiger partial charge is 0.409 e. The van der Waals surface area contributed by atoms with E-state index in [1.165, 1.54) is 24.3 Å². The average molecular weight is 375 g/mol. The van der Waals surface area contributed by atoms with E-state index in [1.54, 1.807) is 24.3 Å². The van der Waals surface area contributed by atoms with Gasteiger partial charge in [-0.05, 0) is 51.1 Å². The summed E-state index contributed by atoms with van der Waals surface area (Å²) in [5.41, 5.74) is 10.8. The van der Waals surface area contributed by atoms with Crippen molar-refractivity contribution in [3.8, 4) is 5.75 Å². The number of nitrogens with two attached hydrogens (primary N) is 2. The van der Waals surface area contributed by atoms with Gasteiger partial charge in [0.1, 0.15) is 11.4 Å². The maximum absolute atomic E-state index is 11.5. The Hall–Kier alpha value is -3.62. The average Bonchev–Trinajstić information content (AvgIpc) is 2.54. The zero-order chi connectivity index (χ0) is 20.6. The molecule has 0 saturated heterocycles. The molecular weight excluding hydrogens is 354 g/mol. The van der Waals surface area contributed by atoms with Gasteiger partial charge in [-0.2, -0.15) is 0 Å². The fourth-order valence-electron chi connectivity index (χ4n) is 1.75. The molecule has 0 aliphatic heterocycles. The fourth-order valence-corrected chi connectivity index (χ4v) is 1.75. The summed E-state index contributed by atoms with van der Waals surface area (Å²) < 4.78 is 9.65. The van der Waals surface area contributed by atoms with Gasteiger partial charge in [0, 0.05) is 17.8 Å². The lowest BCUT2D eigenvalue weighted by Crippen LogP contribution is -2.23. The first-order chi connectivity index (χ1) is 12.5. The molecule has 0 heterocycles. The fraction of sp³-hybridized carbons (Fsp3) is 0.222. The third-order valence-corrected chi connectivity index (χ3v) is 2.79. The van der Waals surface area contributed by atoms with Gasteiger partial charge in [0.15, 0.2) is 0 Å².